The first kappa shape index (κ1) is 14.8. The molecule has 2 aliphatic rings. The fourth-order valence-corrected chi connectivity index (χ4v) is 2.91. The van der Waals surface area contributed by atoms with Crippen LogP contribution in [0.2, 0.25) is 0 Å². The van der Waals surface area contributed by atoms with Crippen LogP contribution >= 0.6 is 0 Å². The molecule has 1 saturated carbocycles. The van der Waals surface area contributed by atoms with Gasteiger partial charge < -0.3 is 9.64 Å². The molecule has 4 heteroatoms. The smallest absolute Gasteiger partial charge is 0.323 e. The molecule has 0 aromatic carbocycles. The molecule has 1 aliphatic carbocycles. The zero-order valence-electron chi connectivity index (χ0n) is 12.4. The maximum absolute atomic E-state index is 11.9. The molecule has 1 aliphatic heterocycles. The van der Waals surface area contributed by atoms with E-state index in [-0.39, 0.29) is 12.0 Å². The largest absolute Gasteiger partial charge is 0.468 e. The highest BCUT2D eigenvalue weighted by Gasteiger charge is 2.31. The zero-order chi connectivity index (χ0) is 13.7. The van der Waals surface area contributed by atoms with E-state index < -0.39 is 0 Å². The van der Waals surface area contributed by atoms with Crippen molar-refractivity contribution in [2.24, 2.45) is 5.92 Å². The number of hydrogen-bond donors (Lipinski definition) is 0. The van der Waals surface area contributed by atoms with Crippen molar-refractivity contribution in [2.45, 2.75) is 45.1 Å². The van der Waals surface area contributed by atoms with E-state index in [9.17, 15) is 4.79 Å². The van der Waals surface area contributed by atoms with Gasteiger partial charge in [-0.15, -0.1) is 0 Å². The Morgan fingerprint density at radius 3 is 2.47 bits per heavy atom. The minimum atomic E-state index is -0.0518. The molecule has 4 nitrogen and oxygen atoms in total. The molecule has 0 amide bonds. The third-order valence-electron chi connectivity index (χ3n) is 4.37. The summed E-state index contributed by atoms with van der Waals surface area (Å²) in [5.41, 5.74) is 0. The van der Waals surface area contributed by atoms with Crippen LogP contribution in [0.3, 0.4) is 0 Å². The average molecular weight is 268 g/mol. The topological polar surface area (TPSA) is 32.8 Å². The Morgan fingerprint density at radius 1 is 1.26 bits per heavy atom. The third kappa shape index (κ3) is 4.46. The van der Waals surface area contributed by atoms with Crippen LogP contribution in [-0.2, 0) is 9.53 Å². The molecule has 19 heavy (non-hydrogen) atoms. The quantitative estimate of drug-likeness (QED) is 0.659. The normalized spacial score (nSPS) is 23.3. The third-order valence-corrected chi connectivity index (χ3v) is 4.37. The number of nitrogens with zero attached hydrogens (tertiary/aromatic N) is 2. The van der Waals surface area contributed by atoms with Crippen molar-refractivity contribution in [2.75, 3.05) is 39.8 Å². The maximum atomic E-state index is 11.9. The molecule has 0 spiro atoms. The van der Waals surface area contributed by atoms with Gasteiger partial charge in [0.2, 0.25) is 0 Å². The molecule has 0 radical (unpaired) electrons. The van der Waals surface area contributed by atoms with Crippen LogP contribution in [0.5, 0.6) is 0 Å². The first-order valence-corrected chi connectivity index (χ1v) is 7.78. The number of carbonyl (C=O) groups is 1. The highest BCUT2D eigenvalue weighted by atomic mass is 16.5. The summed E-state index contributed by atoms with van der Waals surface area (Å²) < 4.78 is 4.97. The van der Waals surface area contributed by atoms with Gasteiger partial charge in [-0.3, -0.25) is 9.69 Å². The second-order valence-corrected chi connectivity index (χ2v) is 5.96. The van der Waals surface area contributed by atoms with Crippen molar-refractivity contribution >= 4 is 5.97 Å². The van der Waals surface area contributed by atoms with Gasteiger partial charge in [-0.1, -0.05) is 19.8 Å². The molecule has 1 unspecified atom stereocenters. The summed E-state index contributed by atoms with van der Waals surface area (Å²) in [5.74, 6) is 0.909. The Morgan fingerprint density at radius 2 is 1.95 bits per heavy atom. The standard InChI is InChI=1S/C15H28N2O2/c1-3-4-5-14(15(18)19-2)17-10-8-16(9-11-17)12-13-6-7-13/h13-14H,3-12H2,1-2H3. The van der Waals surface area contributed by atoms with Crippen molar-refractivity contribution in [3.05, 3.63) is 0 Å². The van der Waals surface area contributed by atoms with E-state index in [1.54, 1.807) is 0 Å². The van der Waals surface area contributed by atoms with E-state index in [0.717, 1.165) is 51.4 Å². The van der Waals surface area contributed by atoms with Gasteiger partial charge in [0.1, 0.15) is 6.04 Å². The van der Waals surface area contributed by atoms with Crippen molar-refractivity contribution < 1.29 is 9.53 Å². The Bertz CT molecular complexity index is 284. The Balaban J connectivity index is 1.79. The average Bonchev–Trinajstić information content (AvgIpc) is 3.24. The van der Waals surface area contributed by atoms with Crippen LogP contribution in [-0.4, -0.2) is 61.6 Å². The number of hydrogen-bond acceptors (Lipinski definition) is 4. The Labute approximate surface area is 117 Å². The molecule has 1 heterocycles. The van der Waals surface area contributed by atoms with Gasteiger partial charge in [-0.2, -0.15) is 0 Å². The monoisotopic (exact) mass is 268 g/mol. The van der Waals surface area contributed by atoms with Crippen molar-refractivity contribution in [1.29, 1.82) is 0 Å². The summed E-state index contributed by atoms with van der Waals surface area (Å²) in [6.45, 7) is 7.67. The summed E-state index contributed by atoms with van der Waals surface area (Å²) in [6.07, 6.45) is 6.01. The number of piperazine rings is 1. The summed E-state index contributed by atoms with van der Waals surface area (Å²) >= 11 is 0. The lowest BCUT2D eigenvalue weighted by Gasteiger charge is -2.38. The first-order chi connectivity index (χ1) is 9.24. The lowest BCUT2D eigenvalue weighted by atomic mass is 10.1. The molecule has 0 aromatic rings. The van der Waals surface area contributed by atoms with E-state index in [0.29, 0.717) is 0 Å². The van der Waals surface area contributed by atoms with E-state index in [4.69, 9.17) is 4.74 Å². The zero-order valence-corrected chi connectivity index (χ0v) is 12.4. The number of methoxy groups -OCH3 is 1. The number of ether oxygens (including phenoxy) is 1. The summed E-state index contributed by atoms with van der Waals surface area (Å²) in [4.78, 5) is 16.8. The van der Waals surface area contributed by atoms with Crippen LogP contribution in [0.1, 0.15) is 39.0 Å². The highest BCUT2D eigenvalue weighted by molar-refractivity contribution is 5.75. The molecule has 0 N–H and O–H groups in total. The van der Waals surface area contributed by atoms with Gasteiger partial charge in [0.25, 0.3) is 0 Å². The second-order valence-electron chi connectivity index (χ2n) is 5.96. The number of rotatable bonds is 7. The first-order valence-electron chi connectivity index (χ1n) is 7.78. The van der Waals surface area contributed by atoms with Gasteiger partial charge in [-0.25, -0.2) is 0 Å². The van der Waals surface area contributed by atoms with Gasteiger partial charge in [-0.05, 0) is 25.2 Å². The van der Waals surface area contributed by atoms with Crippen molar-refractivity contribution in [1.82, 2.24) is 9.80 Å². The van der Waals surface area contributed by atoms with Gasteiger partial charge >= 0.3 is 5.97 Å². The molecule has 1 saturated heterocycles. The van der Waals surface area contributed by atoms with Crippen LogP contribution in [0.4, 0.5) is 0 Å². The maximum Gasteiger partial charge on any atom is 0.323 e. The van der Waals surface area contributed by atoms with Gasteiger partial charge in [0.05, 0.1) is 7.11 Å². The minimum absolute atomic E-state index is 0.0203. The van der Waals surface area contributed by atoms with E-state index in [2.05, 4.69) is 16.7 Å². The SMILES string of the molecule is CCCCC(C(=O)OC)N1CCN(CC2CC2)CC1. The van der Waals surface area contributed by atoms with Gasteiger partial charge in [0.15, 0.2) is 0 Å². The summed E-state index contributed by atoms with van der Waals surface area (Å²) in [5, 5.41) is 0. The molecule has 2 fully saturated rings. The van der Waals surface area contributed by atoms with Crippen LogP contribution in [0.25, 0.3) is 0 Å². The fourth-order valence-electron chi connectivity index (χ4n) is 2.91. The lowest BCUT2D eigenvalue weighted by Crippen LogP contribution is -2.53. The molecule has 0 aromatic heterocycles. The summed E-state index contributed by atoms with van der Waals surface area (Å²) in [6, 6.07) is -0.0203. The number of carbonyl (C=O) groups excluding carboxylic acids is 1. The van der Waals surface area contributed by atoms with Crippen LogP contribution < -0.4 is 0 Å². The highest BCUT2D eigenvalue weighted by Crippen LogP contribution is 2.30. The van der Waals surface area contributed by atoms with Crippen molar-refractivity contribution in [3.63, 3.8) is 0 Å². The Hall–Kier alpha value is -0.610. The van der Waals surface area contributed by atoms with Gasteiger partial charge in [0, 0.05) is 32.7 Å². The second kappa shape index (κ2) is 7.25. The molecule has 110 valence electrons. The van der Waals surface area contributed by atoms with Crippen molar-refractivity contribution in [3.8, 4) is 0 Å². The molecular weight excluding hydrogens is 240 g/mol. The Kier molecular flexibility index (Phi) is 5.64. The number of unbranched alkanes of at least 4 members (excludes halogenated alkanes) is 1. The van der Waals surface area contributed by atoms with Crippen LogP contribution in [0, 0.1) is 5.92 Å². The fraction of sp³-hybridized carbons (Fsp3) is 0.933. The minimum Gasteiger partial charge on any atom is -0.468 e. The predicted octanol–water partition coefficient (Wildman–Crippen LogP) is 1.75. The molecule has 0 bridgehead atoms. The molecular formula is C15H28N2O2. The summed E-state index contributed by atoms with van der Waals surface area (Å²) in [7, 11) is 1.50. The van der Waals surface area contributed by atoms with Crippen LogP contribution in [0.15, 0.2) is 0 Å². The van der Waals surface area contributed by atoms with E-state index in [1.807, 2.05) is 0 Å². The molecule has 2 rings (SSSR count). The van der Waals surface area contributed by atoms with E-state index >= 15 is 0 Å². The predicted molar refractivity (Wildman–Crippen MR) is 76.1 cm³/mol. The molecule has 1 atom stereocenters. The number of esters is 1. The lowest BCUT2D eigenvalue weighted by molar-refractivity contribution is -0.148. The van der Waals surface area contributed by atoms with E-state index in [1.165, 1.54) is 26.5 Å².